The Labute approximate surface area is 382 Å². The minimum absolute atomic E-state index is 0.378. The molecule has 0 amide bonds. The Morgan fingerprint density at radius 2 is 0.657 bits per heavy atom. The lowest BCUT2D eigenvalue weighted by atomic mass is 10.00. The third-order valence-corrected chi connectivity index (χ3v) is 13.0. The van der Waals surface area contributed by atoms with Gasteiger partial charge >= 0.3 is 11.3 Å². The Morgan fingerprint density at radius 1 is 0.299 bits per heavy atom. The number of fused-ring (bicyclic) bond motifs is 8. The van der Waals surface area contributed by atoms with Crippen LogP contribution in [0.2, 0.25) is 0 Å². The van der Waals surface area contributed by atoms with E-state index in [9.17, 15) is 9.59 Å². The lowest BCUT2D eigenvalue weighted by Gasteiger charge is -2.26. The minimum atomic E-state index is -0.378. The molecular formula is C60H37N3O4. The highest BCUT2D eigenvalue weighted by Gasteiger charge is 2.22. The summed E-state index contributed by atoms with van der Waals surface area (Å²) in [4.78, 5) is 28.9. The predicted molar refractivity (Wildman–Crippen MR) is 273 cm³/mol. The van der Waals surface area contributed by atoms with Crippen LogP contribution in [-0.2, 0) is 0 Å². The number of benzene rings is 9. The summed E-state index contributed by atoms with van der Waals surface area (Å²) in [5.74, 6) is 0.909. The number of anilines is 3. The van der Waals surface area contributed by atoms with Crippen molar-refractivity contribution >= 4 is 82.2 Å². The van der Waals surface area contributed by atoms with E-state index < -0.39 is 0 Å². The van der Waals surface area contributed by atoms with Gasteiger partial charge in [0.15, 0.2) is 0 Å². The molecule has 7 heteroatoms. The zero-order valence-corrected chi connectivity index (χ0v) is 35.8. The first kappa shape index (κ1) is 38.3. The van der Waals surface area contributed by atoms with Gasteiger partial charge in [-0.15, -0.1) is 0 Å². The lowest BCUT2D eigenvalue weighted by molar-refractivity contribution is 0.501. The minimum Gasteiger partial charge on any atom is -0.405 e. The van der Waals surface area contributed by atoms with E-state index >= 15 is 0 Å². The highest BCUT2D eigenvalue weighted by atomic mass is 16.4. The lowest BCUT2D eigenvalue weighted by Crippen LogP contribution is -2.10. The van der Waals surface area contributed by atoms with Crippen molar-refractivity contribution in [2.45, 2.75) is 0 Å². The van der Waals surface area contributed by atoms with Crippen LogP contribution in [0.15, 0.2) is 243 Å². The third-order valence-electron chi connectivity index (χ3n) is 13.0. The van der Waals surface area contributed by atoms with Gasteiger partial charge in [-0.05, 0) is 106 Å². The third kappa shape index (κ3) is 6.28. The number of nitrogens with zero attached hydrogens (tertiary/aromatic N) is 3. The van der Waals surface area contributed by atoms with Crippen molar-refractivity contribution in [3.63, 3.8) is 0 Å². The zero-order chi connectivity index (χ0) is 44.6. The van der Waals surface area contributed by atoms with Crippen molar-refractivity contribution in [3.8, 4) is 34.0 Å². The molecule has 0 aliphatic rings. The Kier molecular flexibility index (Phi) is 8.69. The van der Waals surface area contributed by atoms with Gasteiger partial charge in [-0.2, -0.15) is 0 Å². The topological polar surface area (TPSA) is 73.5 Å². The quantitative estimate of drug-likeness (QED) is 0.160. The summed E-state index contributed by atoms with van der Waals surface area (Å²) in [6.07, 6.45) is 0. The maximum atomic E-state index is 13.3. The SMILES string of the molecule is O=c1oc(-n2c3ccccc3c3cc(N(c4ccc(-c5ccc(-c6ccccc6)cc5)cc4)c4ccc5c(c4)c4ccccc4n5-c4cc5ccccc5c(=O)o4)ccc32)cc2ccccc12. The van der Waals surface area contributed by atoms with Crippen LogP contribution in [0.1, 0.15) is 0 Å². The van der Waals surface area contributed by atoms with E-state index in [1.807, 2.05) is 88.0 Å². The summed E-state index contributed by atoms with van der Waals surface area (Å²) >= 11 is 0. The first-order chi connectivity index (χ1) is 33.0. The van der Waals surface area contributed by atoms with Gasteiger partial charge in [-0.3, -0.25) is 9.13 Å². The van der Waals surface area contributed by atoms with E-state index in [0.717, 1.165) is 82.6 Å². The first-order valence-electron chi connectivity index (χ1n) is 22.2. The average Bonchev–Trinajstić information content (AvgIpc) is 3.89. The van der Waals surface area contributed by atoms with Crippen molar-refractivity contribution in [2.75, 3.05) is 4.90 Å². The van der Waals surface area contributed by atoms with Gasteiger partial charge in [-0.1, -0.05) is 140 Å². The van der Waals surface area contributed by atoms with E-state index in [-0.39, 0.29) is 11.3 Å². The molecule has 0 saturated heterocycles. The smallest absolute Gasteiger partial charge is 0.345 e. The Hall–Kier alpha value is -9.20. The molecule has 9 aromatic carbocycles. The van der Waals surface area contributed by atoms with Crippen molar-refractivity contribution < 1.29 is 8.83 Å². The normalized spacial score (nSPS) is 11.7. The van der Waals surface area contributed by atoms with Gasteiger partial charge in [0.1, 0.15) is 0 Å². The maximum absolute atomic E-state index is 13.3. The van der Waals surface area contributed by atoms with Gasteiger partial charge < -0.3 is 13.7 Å². The van der Waals surface area contributed by atoms with Crippen molar-refractivity contribution in [1.29, 1.82) is 0 Å². The number of rotatable bonds is 7. The predicted octanol–water partition coefficient (Wildman–Crippen LogP) is 14.9. The van der Waals surface area contributed by atoms with Crippen molar-refractivity contribution in [2.24, 2.45) is 0 Å². The second kappa shape index (κ2) is 15.2. The fourth-order valence-corrected chi connectivity index (χ4v) is 9.87. The average molecular weight is 864 g/mol. The van der Waals surface area contributed by atoms with Crippen molar-refractivity contribution in [3.05, 3.63) is 245 Å². The molecule has 0 radical (unpaired) electrons. The standard InChI is InChI=1S/C60H37N3O4/c64-59-47-16-6-4-14-42(47)34-57(66-59)62-53-20-10-8-18-49(53)51-36-45(30-32-55(51)62)61(44-28-26-41(27-29-44)40-24-22-39(23-25-40)38-12-2-1-3-13-38)46-31-33-56-52(37-46)50-19-9-11-21-54(50)63(56)58-35-43-15-5-7-17-48(43)60(65)67-58/h1-37H. The Morgan fingerprint density at radius 3 is 1.13 bits per heavy atom. The number of hydrogen-bond donors (Lipinski definition) is 0. The summed E-state index contributed by atoms with van der Waals surface area (Å²) in [5, 5.41) is 6.79. The van der Waals surface area contributed by atoms with Crippen LogP contribution in [0.3, 0.4) is 0 Å². The molecular weight excluding hydrogens is 827 g/mol. The molecule has 0 fully saturated rings. The van der Waals surface area contributed by atoms with Crippen LogP contribution < -0.4 is 16.2 Å². The van der Waals surface area contributed by atoms with Crippen LogP contribution in [0.5, 0.6) is 0 Å². The number of para-hydroxylation sites is 2. The Bertz CT molecular complexity index is 3990. The molecule has 0 aliphatic heterocycles. The van der Waals surface area contributed by atoms with Gasteiger partial charge in [-0.25, -0.2) is 9.59 Å². The van der Waals surface area contributed by atoms with E-state index in [0.29, 0.717) is 22.5 Å². The maximum Gasteiger partial charge on any atom is 0.345 e. The van der Waals surface area contributed by atoms with Crippen LogP contribution >= 0.6 is 0 Å². The van der Waals surface area contributed by atoms with E-state index in [4.69, 9.17) is 8.83 Å². The molecule has 0 atom stereocenters. The zero-order valence-electron chi connectivity index (χ0n) is 35.8. The first-order valence-corrected chi connectivity index (χ1v) is 22.2. The summed E-state index contributed by atoms with van der Waals surface area (Å²) < 4.78 is 16.2. The molecule has 13 rings (SSSR count). The second-order valence-corrected chi connectivity index (χ2v) is 16.9. The van der Waals surface area contributed by atoms with E-state index in [1.54, 1.807) is 12.1 Å². The molecule has 4 aromatic heterocycles. The van der Waals surface area contributed by atoms with Crippen LogP contribution in [0, 0.1) is 0 Å². The molecule has 13 aromatic rings. The number of hydrogen-bond acceptors (Lipinski definition) is 5. The van der Waals surface area contributed by atoms with Gasteiger partial charge in [0.05, 0.1) is 32.8 Å². The summed E-state index contributed by atoms with van der Waals surface area (Å²) in [6.45, 7) is 0. The van der Waals surface area contributed by atoms with E-state index in [2.05, 4.69) is 138 Å². The van der Waals surface area contributed by atoms with Crippen LogP contribution in [0.4, 0.5) is 17.1 Å². The van der Waals surface area contributed by atoms with Crippen LogP contribution in [-0.4, -0.2) is 9.13 Å². The molecule has 4 heterocycles. The van der Waals surface area contributed by atoms with Crippen molar-refractivity contribution in [1.82, 2.24) is 9.13 Å². The number of aromatic nitrogens is 2. The molecule has 7 nitrogen and oxygen atoms in total. The summed E-state index contributed by atoms with van der Waals surface area (Å²) in [7, 11) is 0. The molecule has 316 valence electrons. The fourth-order valence-electron chi connectivity index (χ4n) is 9.87. The molecule has 0 aliphatic carbocycles. The van der Waals surface area contributed by atoms with Gasteiger partial charge in [0.2, 0.25) is 11.8 Å². The largest absolute Gasteiger partial charge is 0.405 e. The monoisotopic (exact) mass is 863 g/mol. The van der Waals surface area contributed by atoms with Gasteiger partial charge in [0.25, 0.3) is 0 Å². The molecule has 0 saturated carbocycles. The molecule has 0 N–H and O–H groups in total. The molecule has 0 bridgehead atoms. The molecule has 0 unspecified atom stereocenters. The highest BCUT2D eigenvalue weighted by Crippen LogP contribution is 2.43. The van der Waals surface area contributed by atoms with Gasteiger partial charge in [0, 0.05) is 50.7 Å². The highest BCUT2D eigenvalue weighted by molar-refractivity contribution is 6.12. The summed E-state index contributed by atoms with van der Waals surface area (Å²) in [5.41, 5.74) is 10.4. The fraction of sp³-hybridized carbons (Fsp3) is 0. The van der Waals surface area contributed by atoms with E-state index in [1.165, 1.54) is 11.1 Å². The molecule has 67 heavy (non-hydrogen) atoms. The summed E-state index contributed by atoms with van der Waals surface area (Å²) in [6, 6.07) is 76.1. The molecule has 0 spiro atoms. The Balaban J connectivity index is 0.992. The second-order valence-electron chi connectivity index (χ2n) is 16.9. The van der Waals surface area contributed by atoms with Crippen LogP contribution in [0.25, 0.3) is 99.2 Å².